The summed E-state index contributed by atoms with van der Waals surface area (Å²) in [6.07, 6.45) is -3.70. The fourth-order valence-electron chi connectivity index (χ4n) is 1.80. The molecule has 25 heavy (non-hydrogen) atoms. The van der Waals surface area contributed by atoms with Crippen LogP contribution in [-0.4, -0.2) is 33.4 Å². The van der Waals surface area contributed by atoms with E-state index in [0.717, 1.165) is 7.11 Å². The predicted octanol–water partition coefficient (Wildman–Crippen LogP) is 3.67. The first-order chi connectivity index (χ1) is 11.6. The monoisotopic (exact) mass is 377 g/mol. The number of halogens is 3. The van der Waals surface area contributed by atoms with E-state index < -0.39 is 33.5 Å². The van der Waals surface area contributed by atoms with E-state index in [-0.39, 0.29) is 11.3 Å². The molecule has 1 aromatic rings. The van der Waals surface area contributed by atoms with Gasteiger partial charge in [-0.05, 0) is 24.6 Å². The third-order valence-electron chi connectivity index (χ3n) is 3.06. The van der Waals surface area contributed by atoms with Crippen molar-refractivity contribution in [2.45, 2.75) is 37.3 Å². The number of methoxy groups -OCH3 is 1. The number of ether oxygens (including phenoxy) is 1. The number of benzene rings is 1. The van der Waals surface area contributed by atoms with Crippen LogP contribution in [-0.2, 0) is 19.6 Å². The van der Waals surface area contributed by atoms with E-state index in [1.807, 2.05) is 0 Å². The molecule has 0 aliphatic carbocycles. The molecule has 0 fully saturated rings. The van der Waals surface area contributed by atoms with Gasteiger partial charge in [-0.2, -0.15) is 21.6 Å². The number of ketones is 1. The van der Waals surface area contributed by atoms with Gasteiger partial charge < -0.3 is 4.74 Å². The van der Waals surface area contributed by atoms with E-state index in [2.05, 4.69) is 9.13 Å². The second-order valence-electron chi connectivity index (χ2n) is 5.01. The van der Waals surface area contributed by atoms with E-state index in [4.69, 9.17) is 0 Å². The van der Waals surface area contributed by atoms with Crippen molar-refractivity contribution in [3.05, 3.63) is 42.0 Å². The number of hydrogen-bond donors (Lipinski definition) is 0. The highest BCUT2D eigenvalue weighted by Gasteiger charge is 2.39. The van der Waals surface area contributed by atoms with Crippen molar-refractivity contribution in [1.82, 2.24) is 0 Å². The molecule has 1 aromatic carbocycles. The average Bonchev–Trinajstić information content (AvgIpc) is 2.55. The molecular weight excluding hydrogens is 359 g/mol. The molecule has 9 heteroatoms. The Hall–Kier alpha value is -2.16. The van der Waals surface area contributed by atoms with Crippen molar-refractivity contribution in [2.75, 3.05) is 7.11 Å². The Kier molecular flexibility index (Phi) is 7.35. The molecule has 0 spiro atoms. The second kappa shape index (κ2) is 8.80. The predicted molar refractivity (Wildman–Crippen MR) is 86.7 cm³/mol. The minimum absolute atomic E-state index is 0.0848. The zero-order valence-corrected chi connectivity index (χ0v) is 14.5. The Bertz CT molecular complexity index is 753. The van der Waals surface area contributed by atoms with Gasteiger partial charge in [0.2, 0.25) is 5.90 Å². The summed E-state index contributed by atoms with van der Waals surface area (Å²) in [5, 5.41) is 0. The van der Waals surface area contributed by atoms with E-state index in [0.29, 0.717) is 18.9 Å². The molecule has 0 bridgehead atoms. The first-order valence-electron chi connectivity index (χ1n) is 7.38. The molecule has 5 nitrogen and oxygen atoms in total. The lowest BCUT2D eigenvalue weighted by molar-refractivity contribution is -0.116. The number of alkyl halides is 3. The van der Waals surface area contributed by atoms with Crippen molar-refractivity contribution in [3.63, 3.8) is 0 Å². The van der Waals surface area contributed by atoms with Gasteiger partial charge in [-0.1, -0.05) is 31.5 Å². The largest absolute Gasteiger partial charge is 0.480 e. The van der Waals surface area contributed by atoms with Crippen molar-refractivity contribution in [3.8, 4) is 0 Å². The maximum atomic E-state index is 13.2. The SMILES string of the molecule is CCCCC(=O)/C=C(\C(=NS(=O)(=O)c1ccccc1)OC)C(F)(F)F. The lowest BCUT2D eigenvalue weighted by Gasteiger charge is -2.13. The molecule has 0 amide bonds. The Labute approximate surface area is 144 Å². The number of nitrogens with zero attached hydrogens (tertiary/aromatic N) is 1. The van der Waals surface area contributed by atoms with E-state index in [1.165, 1.54) is 24.3 Å². The summed E-state index contributed by atoms with van der Waals surface area (Å²) in [6, 6.07) is 6.74. The third-order valence-corrected chi connectivity index (χ3v) is 4.33. The molecule has 0 atom stereocenters. The minimum atomic E-state index is -5.00. The van der Waals surface area contributed by atoms with E-state index in [9.17, 15) is 26.4 Å². The van der Waals surface area contributed by atoms with Crippen molar-refractivity contribution >= 4 is 21.7 Å². The zero-order chi connectivity index (χ0) is 19.1. The zero-order valence-electron chi connectivity index (χ0n) is 13.7. The normalized spacial score (nSPS) is 13.6. The third kappa shape index (κ3) is 6.33. The number of carbonyl (C=O) groups is 1. The molecule has 0 saturated heterocycles. The van der Waals surface area contributed by atoms with Gasteiger partial charge in [-0.3, -0.25) is 4.79 Å². The Morgan fingerprint density at radius 3 is 2.32 bits per heavy atom. The highest BCUT2D eigenvalue weighted by Crippen LogP contribution is 2.28. The Morgan fingerprint density at radius 1 is 1.24 bits per heavy atom. The van der Waals surface area contributed by atoms with Crippen LogP contribution in [0.5, 0.6) is 0 Å². The van der Waals surface area contributed by atoms with Gasteiger partial charge in [0.05, 0.1) is 12.0 Å². The summed E-state index contributed by atoms with van der Waals surface area (Å²) in [7, 11) is -3.56. The quantitative estimate of drug-likeness (QED) is 0.413. The summed E-state index contributed by atoms with van der Waals surface area (Å²) in [5.41, 5.74) is -1.53. The smallest absolute Gasteiger partial charge is 0.421 e. The summed E-state index contributed by atoms with van der Waals surface area (Å²) in [4.78, 5) is 11.4. The topological polar surface area (TPSA) is 72.8 Å². The van der Waals surface area contributed by atoms with Gasteiger partial charge in [-0.15, -0.1) is 4.40 Å². The minimum Gasteiger partial charge on any atom is -0.480 e. The molecule has 0 aliphatic heterocycles. The van der Waals surface area contributed by atoms with Crippen LogP contribution in [0.25, 0.3) is 0 Å². The fraction of sp³-hybridized carbons (Fsp3) is 0.375. The van der Waals surface area contributed by atoms with Gasteiger partial charge in [-0.25, -0.2) is 0 Å². The van der Waals surface area contributed by atoms with Gasteiger partial charge in [0.1, 0.15) is 5.57 Å². The van der Waals surface area contributed by atoms with E-state index in [1.54, 1.807) is 13.0 Å². The van der Waals surface area contributed by atoms with Crippen LogP contribution in [0.3, 0.4) is 0 Å². The molecule has 0 radical (unpaired) electrons. The number of carbonyl (C=O) groups excluding carboxylic acids is 1. The molecule has 0 aliphatic rings. The van der Waals surface area contributed by atoms with Gasteiger partial charge in [0.25, 0.3) is 10.0 Å². The lowest BCUT2D eigenvalue weighted by Crippen LogP contribution is -2.24. The van der Waals surface area contributed by atoms with Crippen LogP contribution in [0.4, 0.5) is 13.2 Å². The van der Waals surface area contributed by atoms with Crippen LogP contribution in [0.15, 0.2) is 51.3 Å². The van der Waals surface area contributed by atoms with Gasteiger partial charge in [0.15, 0.2) is 5.78 Å². The average molecular weight is 377 g/mol. The Morgan fingerprint density at radius 2 is 1.84 bits per heavy atom. The highest BCUT2D eigenvalue weighted by atomic mass is 32.2. The number of sulfonamides is 1. The summed E-state index contributed by atoms with van der Waals surface area (Å²) in [5.74, 6) is -1.96. The summed E-state index contributed by atoms with van der Waals surface area (Å²) in [6.45, 7) is 1.79. The number of rotatable bonds is 7. The molecule has 0 heterocycles. The number of unbranched alkanes of at least 4 members (excludes halogenated alkanes) is 1. The van der Waals surface area contributed by atoms with Crippen LogP contribution >= 0.6 is 0 Å². The molecule has 0 aromatic heterocycles. The fourth-order valence-corrected chi connectivity index (χ4v) is 2.80. The first kappa shape index (κ1) is 20.9. The molecule has 0 saturated carbocycles. The molecule has 0 unspecified atom stereocenters. The molecule has 1 rings (SSSR count). The van der Waals surface area contributed by atoms with Crippen molar-refractivity contribution < 1.29 is 31.1 Å². The molecule has 138 valence electrons. The van der Waals surface area contributed by atoms with Crippen LogP contribution < -0.4 is 0 Å². The van der Waals surface area contributed by atoms with E-state index >= 15 is 0 Å². The van der Waals surface area contributed by atoms with Crippen molar-refractivity contribution in [1.29, 1.82) is 0 Å². The Balaban J connectivity index is 3.35. The number of hydrogen-bond acceptors (Lipinski definition) is 4. The standard InChI is InChI=1S/C16H18F3NO4S/c1-3-4-8-12(21)11-14(16(17,18)19)15(24-2)20-25(22,23)13-9-6-5-7-10-13/h5-7,9-11H,3-4,8H2,1-2H3/b14-11+,20-15?. The second-order valence-corrected chi connectivity index (χ2v) is 6.62. The highest BCUT2D eigenvalue weighted by molar-refractivity contribution is 7.90. The van der Waals surface area contributed by atoms with Crippen LogP contribution in [0.1, 0.15) is 26.2 Å². The number of allylic oxidation sites excluding steroid dienone is 1. The molecule has 0 N–H and O–H groups in total. The summed E-state index contributed by atoms with van der Waals surface area (Å²) >= 11 is 0. The maximum absolute atomic E-state index is 13.2. The van der Waals surface area contributed by atoms with Crippen LogP contribution in [0, 0.1) is 0 Å². The summed E-state index contributed by atoms with van der Waals surface area (Å²) < 4.78 is 71.7. The lowest BCUT2D eigenvalue weighted by atomic mass is 10.1. The van der Waals surface area contributed by atoms with Gasteiger partial charge >= 0.3 is 6.18 Å². The maximum Gasteiger partial charge on any atom is 0.421 e. The molecular formula is C16H18F3NO4S. The van der Waals surface area contributed by atoms with Gasteiger partial charge in [0, 0.05) is 6.42 Å². The first-order valence-corrected chi connectivity index (χ1v) is 8.82. The van der Waals surface area contributed by atoms with Crippen LogP contribution in [0.2, 0.25) is 0 Å². The van der Waals surface area contributed by atoms with Crippen molar-refractivity contribution in [2.24, 2.45) is 4.40 Å².